The number of hydrogen-bond acceptors (Lipinski definition) is 3. The first-order valence-electron chi connectivity index (χ1n) is 7.09. The van der Waals surface area contributed by atoms with Crippen LogP contribution >= 0.6 is 11.6 Å². The van der Waals surface area contributed by atoms with E-state index in [2.05, 4.69) is 16.8 Å². The van der Waals surface area contributed by atoms with Crippen molar-refractivity contribution in [1.29, 1.82) is 0 Å². The number of carboxylic acids is 1. The Hall–Kier alpha value is -1.59. The van der Waals surface area contributed by atoms with Crippen LogP contribution in [0.25, 0.3) is 5.65 Å². The molecular weight excluding hydrogens is 290 g/mol. The number of piperidine rings is 1. The number of carbonyl (C=O) groups is 1. The standard InChI is InChI=1S/C15H18ClN3O2/c1-10-4-11(15(20)21)6-18(5-10)8-13-9-19-7-12(16)2-3-14(19)17-13/h2-3,7,9-11H,4-6,8H2,1H3,(H,20,21). The summed E-state index contributed by atoms with van der Waals surface area (Å²) in [6.07, 6.45) is 4.54. The Kier molecular flexibility index (Phi) is 3.87. The van der Waals surface area contributed by atoms with E-state index in [1.54, 1.807) is 0 Å². The molecule has 2 aromatic heterocycles. The molecule has 0 radical (unpaired) electrons. The Morgan fingerprint density at radius 1 is 1.43 bits per heavy atom. The molecule has 0 bridgehead atoms. The Balaban J connectivity index is 1.76. The van der Waals surface area contributed by atoms with Gasteiger partial charge in [-0.2, -0.15) is 0 Å². The third-order valence-electron chi connectivity index (χ3n) is 3.94. The second-order valence-electron chi connectivity index (χ2n) is 5.92. The Bertz CT molecular complexity index is 670. The van der Waals surface area contributed by atoms with Gasteiger partial charge in [0, 0.05) is 32.0 Å². The molecule has 21 heavy (non-hydrogen) atoms. The van der Waals surface area contributed by atoms with E-state index in [0.29, 0.717) is 24.0 Å². The molecule has 2 unspecified atom stereocenters. The summed E-state index contributed by atoms with van der Waals surface area (Å²) in [5.41, 5.74) is 1.80. The van der Waals surface area contributed by atoms with E-state index >= 15 is 0 Å². The maximum atomic E-state index is 11.2. The van der Waals surface area contributed by atoms with Crippen LogP contribution in [0.1, 0.15) is 19.0 Å². The van der Waals surface area contributed by atoms with Crippen LogP contribution < -0.4 is 0 Å². The average molecular weight is 308 g/mol. The SMILES string of the molecule is CC1CC(C(=O)O)CN(Cc2cn3cc(Cl)ccc3n2)C1. The number of pyridine rings is 1. The van der Waals surface area contributed by atoms with Crippen molar-refractivity contribution in [3.8, 4) is 0 Å². The molecule has 3 rings (SSSR count). The number of aliphatic carboxylic acids is 1. The number of likely N-dealkylation sites (tertiary alicyclic amines) is 1. The van der Waals surface area contributed by atoms with E-state index in [4.69, 9.17) is 11.6 Å². The maximum absolute atomic E-state index is 11.2. The van der Waals surface area contributed by atoms with Crippen molar-refractivity contribution in [2.45, 2.75) is 19.9 Å². The monoisotopic (exact) mass is 307 g/mol. The molecule has 6 heteroatoms. The summed E-state index contributed by atoms with van der Waals surface area (Å²) in [6, 6.07) is 3.70. The molecule has 1 aliphatic heterocycles. The van der Waals surface area contributed by atoms with Crippen LogP contribution in [0, 0.1) is 11.8 Å². The van der Waals surface area contributed by atoms with Crippen molar-refractivity contribution in [3.05, 3.63) is 35.2 Å². The number of halogens is 1. The summed E-state index contributed by atoms with van der Waals surface area (Å²) in [4.78, 5) is 18.0. The van der Waals surface area contributed by atoms with Crippen molar-refractivity contribution in [1.82, 2.24) is 14.3 Å². The van der Waals surface area contributed by atoms with Crippen molar-refractivity contribution in [2.24, 2.45) is 11.8 Å². The van der Waals surface area contributed by atoms with Crippen LogP contribution in [-0.4, -0.2) is 38.4 Å². The molecule has 0 saturated carbocycles. The number of hydrogen-bond donors (Lipinski definition) is 1. The van der Waals surface area contributed by atoms with Gasteiger partial charge in [0.2, 0.25) is 0 Å². The third-order valence-corrected chi connectivity index (χ3v) is 4.16. The van der Waals surface area contributed by atoms with Gasteiger partial charge in [-0.05, 0) is 24.5 Å². The van der Waals surface area contributed by atoms with Crippen molar-refractivity contribution < 1.29 is 9.90 Å². The van der Waals surface area contributed by atoms with Gasteiger partial charge in [-0.25, -0.2) is 4.98 Å². The van der Waals surface area contributed by atoms with Crippen molar-refractivity contribution in [2.75, 3.05) is 13.1 Å². The maximum Gasteiger partial charge on any atom is 0.307 e. The highest BCUT2D eigenvalue weighted by atomic mass is 35.5. The highest BCUT2D eigenvalue weighted by molar-refractivity contribution is 6.30. The first kappa shape index (κ1) is 14.4. The lowest BCUT2D eigenvalue weighted by molar-refractivity contribution is -0.144. The molecule has 5 nitrogen and oxygen atoms in total. The highest BCUT2D eigenvalue weighted by Gasteiger charge is 2.29. The van der Waals surface area contributed by atoms with E-state index in [1.807, 2.05) is 28.9 Å². The molecule has 3 heterocycles. The predicted molar refractivity (Wildman–Crippen MR) is 80.4 cm³/mol. The molecule has 2 aromatic rings. The van der Waals surface area contributed by atoms with Gasteiger partial charge < -0.3 is 9.51 Å². The highest BCUT2D eigenvalue weighted by Crippen LogP contribution is 2.23. The lowest BCUT2D eigenvalue weighted by Crippen LogP contribution is -2.42. The van der Waals surface area contributed by atoms with Gasteiger partial charge in [0.15, 0.2) is 0 Å². The molecule has 1 fully saturated rings. The number of rotatable bonds is 3. The van der Waals surface area contributed by atoms with Gasteiger partial charge in [-0.1, -0.05) is 18.5 Å². The van der Waals surface area contributed by atoms with Crippen LogP contribution in [0.15, 0.2) is 24.5 Å². The molecule has 0 aromatic carbocycles. The molecule has 1 aliphatic rings. The number of aromatic nitrogens is 2. The van der Waals surface area contributed by atoms with Gasteiger partial charge >= 0.3 is 5.97 Å². The summed E-state index contributed by atoms with van der Waals surface area (Å²) in [6.45, 7) is 4.28. The second kappa shape index (κ2) is 5.66. The molecule has 112 valence electrons. The van der Waals surface area contributed by atoms with E-state index in [-0.39, 0.29) is 5.92 Å². The van der Waals surface area contributed by atoms with Crippen LogP contribution in [0.2, 0.25) is 5.02 Å². The average Bonchev–Trinajstić information content (AvgIpc) is 2.79. The quantitative estimate of drug-likeness (QED) is 0.946. The summed E-state index contributed by atoms with van der Waals surface area (Å²) in [5, 5.41) is 9.89. The lowest BCUT2D eigenvalue weighted by atomic mass is 9.90. The van der Waals surface area contributed by atoms with Gasteiger partial charge in [-0.15, -0.1) is 0 Å². The molecule has 0 amide bonds. The van der Waals surface area contributed by atoms with Gasteiger partial charge in [0.1, 0.15) is 5.65 Å². The number of nitrogens with zero attached hydrogens (tertiary/aromatic N) is 3. The molecule has 1 N–H and O–H groups in total. The molecule has 0 spiro atoms. The Morgan fingerprint density at radius 3 is 3.00 bits per heavy atom. The molecule has 2 atom stereocenters. The number of imidazole rings is 1. The van der Waals surface area contributed by atoms with Gasteiger partial charge in [0.05, 0.1) is 16.6 Å². The van der Waals surface area contributed by atoms with Gasteiger partial charge in [0.25, 0.3) is 0 Å². The zero-order chi connectivity index (χ0) is 15.0. The van der Waals surface area contributed by atoms with Crippen LogP contribution in [0.5, 0.6) is 0 Å². The van der Waals surface area contributed by atoms with Crippen molar-refractivity contribution in [3.63, 3.8) is 0 Å². The zero-order valence-electron chi connectivity index (χ0n) is 11.9. The predicted octanol–water partition coefficient (Wildman–Crippen LogP) is 2.53. The summed E-state index contributed by atoms with van der Waals surface area (Å²) >= 11 is 5.97. The minimum absolute atomic E-state index is 0.278. The minimum atomic E-state index is -0.701. The fourth-order valence-electron chi connectivity index (χ4n) is 3.09. The minimum Gasteiger partial charge on any atom is -0.481 e. The Morgan fingerprint density at radius 2 is 2.24 bits per heavy atom. The number of carboxylic acid groups (broad SMARTS) is 1. The van der Waals surface area contributed by atoms with Crippen LogP contribution in [0.4, 0.5) is 0 Å². The third kappa shape index (κ3) is 3.19. The topological polar surface area (TPSA) is 57.8 Å². The Labute approximate surface area is 128 Å². The molecular formula is C15H18ClN3O2. The summed E-state index contributed by atoms with van der Waals surface area (Å²) in [5.74, 6) is -0.583. The first-order valence-corrected chi connectivity index (χ1v) is 7.47. The largest absolute Gasteiger partial charge is 0.481 e. The zero-order valence-corrected chi connectivity index (χ0v) is 12.6. The second-order valence-corrected chi connectivity index (χ2v) is 6.35. The fraction of sp³-hybridized carbons (Fsp3) is 0.467. The normalized spacial score (nSPS) is 23.5. The van der Waals surface area contributed by atoms with Crippen molar-refractivity contribution >= 4 is 23.2 Å². The van der Waals surface area contributed by atoms with Gasteiger partial charge in [-0.3, -0.25) is 9.69 Å². The van der Waals surface area contributed by atoms with Crippen LogP contribution in [-0.2, 0) is 11.3 Å². The van der Waals surface area contributed by atoms with Crippen LogP contribution in [0.3, 0.4) is 0 Å². The van der Waals surface area contributed by atoms with E-state index in [0.717, 1.165) is 24.3 Å². The smallest absolute Gasteiger partial charge is 0.307 e. The first-order chi connectivity index (χ1) is 10.0. The number of fused-ring (bicyclic) bond motifs is 1. The van der Waals surface area contributed by atoms with E-state index < -0.39 is 5.97 Å². The lowest BCUT2D eigenvalue weighted by Gasteiger charge is -2.34. The van der Waals surface area contributed by atoms with E-state index in [9.17, 15) is 9.90 Å². The molecule has 0 aliphatic carbocycles. The fourth-order valence-corrected chi connectivity index (χ4v) is 3.26. The van der Waals surface area contributed by atoms with E-state index in [1.165, 1.54) is 0 Å². The summed E-state index contributed by atoms with van der Waals surface area (Å²) < 4.78 is 1.90. The molecule has 1 saturated heterocycles. The summed E-state index contributed by atoms with van der Waals surface area (Å²) in [7, 11) is 0.